The molecule has 1 aromatic rings. The van der Waals surface area contributed by atoms with Crippen molar-refractivity contribution in [1.29, 1.82) is 0 Å². The van der Waals surface area contributed by atoms with E-state index in [1.54, 1.807) is 18.2 Å². The summed E-state index contributed by atoms with van der Waals surface area (Å²) in [5.74, 6) is 0. The van der Waals surface area contributed by atoms with E-state index in [1.807, 2.05) is 0 Å². The molecule has 0 aliphatic carbocycles. The fraction of sp³-hybridized carbons (Fsp3) is 0.143. The van der Waals surface area contributed by atoms with Crippen molar-refractivity contribution >= 4 is 28.2 Å². The minimum absolute atomic E-state index is 0.137. The van der Waals surface area contributed by atoms with E-state index in [-0.39, 0.29) is 5.69 Å². The van der Waals surface area contributed by atoms with Crippen LogP contribution in [-0.4, -0.2) is 27.4 Å². The van der Waals surface area contributed by atoms with Crippen LogP contribution in [0.15, 0.2) is 30.3 Å². The summed E-state index contributed by atoms with van der Waals surface area (Å²) >= 11 is 0.950. The topological polar surface area (TPSA) is 43.1 Å². The summed E-state index contributed by atoms with van der Waals surface area (Å²) in [5.41, 5.74) is 0.137. The van der Waals surface area contributed by atoms with Crippen LogP contribution < -0.4 is 0 Å². The SMILES string of the molecule is O=[N+]([O-])c1ccccc1.[CH3][SnH3]. The van der Waals surface area contributed by atoms with Crippen LogP contribution >= 0.6 is 0 Å². The Morgan fingerprint density at radius 1 is 1.27 bits per heavy atom. The molecule has 0 aromatic heterocycles. The second-order valence-corrected chi connectivity index (χ2v) is 1.59. The Labute approximate surface area is 78.7 Å². The average molecular weight is 260 g/mol. The number of benzene rings is 1. The van der Waals surface area contributed by atoms with Crippen molar-refractivity contribution in [1.82, 2.24) is 0 Å². The van der Waals surface area contributed by atoms with Gasteiger partial charge in [-0.15, -0.1) is 0 Å². The summed E-state index contributed by atoms with van der Waals surface area (Å²) in [4.78, 5) is 11.8. The van der Waals surface area contributed by atoms with Crippen LogP contribution in [0.4, 0.5) is 5.69 Å². The van der Waals surface area contributed by atoms with Crippen molar-refractivity contribution in [3.63, 3.8) is 0 Å². The van der Waals surface area contributed by atoms with Gasteiger partial charge in [0.25, 0.3) is 5.69 Å². The second-order valence-electron chi connectivity index (χ2n) is 1.59. The summed E-state index contributed by atoms with van der Waals surface area (Å²) in [6.45, 7) is 0. The van der Waals surface area contributed by atoms with Crippen molar-refractivity contribution in [2.24, 2.45) is 0 Å². The van der Waals surface area contributed by atoms with E-state index in [9.17, 15) is 10.1 Å². The zero-order valence-electron chi connectivity index (χ0n) is 6.65. The van der Waals surface area contributed by atoms with Crippen molar-refractivity contribution in [3.8, 4) is 0 Å². The van der Waals surface area contributed by atoms with Gasteiger partial charge in [-0.1, -0.05) is 18.2 Å². The van der Waals surface area contributed by atoms with Crippen LogP contribution in [0.5, 0.6) is 0 Å². The van der Waals surface area contributed by atoms with Gasteiger partial charge in [-0.2, -0.15) is 0 Å². The molecule has 60 valence electrons. The molecule has 0 bridgehead atoms. The minimum atomic E-state index is -0.417. The van der Waals surface area contributed by atoms with Crippen molar-refractivity contribution < 1.29 is 4.92 Å². The quantitative estimate of drug-likeness (QED) is 0.429. The fourth-order valence-electron chi connectivity index (χ4n) is 0.550. The number of nitro groups is 1. The third-order valence-corrected chi connectivity index (χ3v) is 0.967. The molecular weight excluding hydrogens is 249 g/mol. The van der Waals surface area contributed by atoms with Gasteiger partial charge in [0.1, 0.15) is 0 Å². The molecule has 0 saturated carbocycles. The van der Waals surface area contributed by atoms with E-state index in [2.05, 4.69) is 4.94 Å². The third-order valence-electron chi connectivity index (χ3n) is 0.967. The van der Waals surface area contributed by atoms with Crippen LogP contribution in [0.3, 0.4) is 0 Å². The van der Waals surface area contributed by atoms with Gasteiger partial charge in [0, 0.05) is 12.1 Å². The predicted molar refractivity (Wildman–Crippen MR) is 48.9 cm³/mol. The van der Waals surface area contributed by atoms with Crippen LogP contribution in [0.2, 0.25) is 4.94 Å². The maximum absolute atomic E-state index is 10.0. The van der Waals surface area contributed by atoms with Crippen molar-refractivity contribution in [2.75, 3.05) is 0 Å². The number of para-hydroxylation sites is 1. The third kappa shape index (κ3) is 3.98. The molecule has 0 spiro atoms. The Bertz CT molecular complexity index is 213. The summed E-state index contributed by atoms with van der Waals surface area (Å²) in [6, 6.07) is 7.93. The van der Waals surface area contributed by atoms with E-state index >= 15 is 0 Å². The van der Waals surface area contributed by atoms with Gasteiger partial charge in [-0.05, 0) is 0 Å². The number of nitro benzene ring substituents is 1. The Hall–Kier alpha value is -0.581. The van der Waals surface area contributed by atoms with Crippen LogP contribution in [0, 0.1) is 10.1 Å². The fourth-order valence-corrected chi connectivity index (χ4v) is 0.550. The monoisotopic (exact) mass is 261 g/mol. The van der Waals surface area contributed by atoms with Gasteiger partial charge in [-0.3, -0.25) is 10.1 Å². The van der Waals surface area contributed by atoms with Gasteiger partial charge in [-0.25, -0.2) is 0 Å². The number of nitrogens with zero attached hydrogens (tertiary/aromatic N) is 1. The molecule has 0 atom stereocenters. The van der Waals surface area contributed by atoms with Gasteiger partial charge in [0.05, 0.1) is 4.92 Å². The molecule has 11 heavy (non-hydrogen) atoms. The van der Waals surface area contributed by atoms with Crippen LogP contribution in [-0.2, 0) is 0 Å². The van der Waals surface area contributed by atoms with Gasteiger partial charge in [0.2, 0.25) is 0 Å². The zero-order valence-corrected chi connectivity index (χ0v) is 12.4. The van der Waals surface area contributed by atoms with E-state index in [4.69, 9.17) is 0 Å². The Morgan fingerprint density at radius 2 is 1.73 bits per heavy atom. The first-order chi connectivity index (χ1) is 5.30. The molecule has 0 unspecified atom stereocenters. The molecule has 0 amide bonds. The molecule has 3 nitrogen and oxygen atoms in total. The van der Waals surface area contributed by atoms with Crippen LogP contribution in [0.1, 0.15) is 0 Å². The number of rotatable bonds is 1. The molecule has 1 rings (SSSR count). The van der Waals surface area contributed by atoms with Crippen molar-refractivity contribution in [2.45, 2.75) is 4.94 Å². The molecule has 4 heteroatoms. The van der Waals surface area contributed by atoms with Gasteiger partial charge in [0.15, 0.2) is 0 Å². The molecule has 0 saturated heterocycles. The second kappa shape index (κ2) is 6.15. The number of hydrogen-bond donors (Lipinski definition) is 0. The zero-order chi connectivity index (χ0) is 8.69. The molecular formula is C7H11NO2Sn. The van der Waals surface area contributed by atoms with Gasteiger partial charge < -0.3 is 0 Å². The number of non-ortho nitro benzene ring substituents is 1. The first kappa shape index (κ1) is 10.4. The molecule has 0 radical (unpaired) electrons. The Kier molecular flexibility index (Phi) is 5.82. The standard InChI is InChI=1S/C6H5NO2.CH3.Sn.3H/c8-7(9)6-4-2-1-3-5-6;;;;;/h1-5H;1H3;;;;. The molecule has 1 aromatic carbocycles. The van der Waals surface area contributed by atoms with Crippen molar-refractivity contribution in [3.05, 3.63) is 40.4 Å². The molecule has 0 N–H and O–H groups in total. The van der Waals surface area contributed by atoms with E-state index < -0.39 is 4.92 Å². The molecule has 0 aliphatic rings. The summed E-state index contributed by atoms with van der Waals surface area (Å²) in [6.07, 6.45) is 0. The first-order valence-corrected chi connectivity index (χ1v) is 9.21. The van der Waals surface area contributed by atoms with E-state index in [0.29, 0.717) is 0 Å². The maximum atomic E-state index is 10.0. The summed E-state index contributed by atoms with van der Waals surface area (Å²) < 4.78 is 0. The first-order valence-electron chi connectivity index (χ1n) is 3.50. The Balaban J connectivity index is 0.000000461. The molecule has 0 aliphatic heterocycles. The van der Waals surface area contributed by atoms with E-state index in [1.165, 1.54) is 12.1 Å². The summed E-state index contributed by atoms with van der Waals surface area (Å²) in [7, 11) is 0. The van der Waals surface area contributed by atoms with Gasteiger partial charge >= 0.3 is 27.5 Å². The van der Waals surface area contributed by atoms with E-state index in [0.717, 1.165) is 22.5 Å². The Morgan fingerprint density at radius 3 is 2.00 bits per heavy atom. The summed E-state index contributed by atoms with van der Waals surface area (Å²) in [5, 5.41) is 10.0. The molecule has 0 fully saturated rings. The van der Waals surface area contributed by atoms with Crippen LogP contribution in [0.25, 0.3) is 0 Å². The average Bonchev–Trinajstić information content (AvgIpc) is 2.10. The normalized spacial score (nSPS) is 8.09. The number of hydrogen-bond acceptors (Lipinski definition) is 2. The molecule has 0 heterocycles. The predicted octanol–water partition coefficient (Wildman–Crippen LogP) is 0.995.